The number of amides is 1. The topological polar surface area (TPSA) is 120 Å². The Bertz CT molecular complexity index is 1020. The van der Waals surface area contributed by atoms with Gasteiger partial charge in [-0.1, -0.05) is 0 Å². The van der Waals surface area contributed by atoms with Crippen LogP contribution in [0.15, 0.2) is 35.4 Å². The molecule has 0 radical (unpaired) electrons. The van der Waals surface area contributed by atoms with Gasteiger partial charge in [0.05, 0.1) is 12.0 Å². The van der Waals surface area contributed by atoms with Gasteiger partial charge in [-0.3, -0.25) is 14.2 Å². The van der Waals surface area contributed by atoms with Crippen LogP contribution in [0.3, 0.4) is 0 Å². The van der Waals surface area contributed by atoms with E-state index in [9.17, 15) is 9.59 Å². The Labute approximate surface area is 161 Å². The van der Waals surface area contributed by atoms with E-state index in [2.05, 4.69) is 30.9 Å². The molecule has 0 aromatic carbocycles. The molecular formula is C18H22N8O2. The van der Waals surface area contributed by atoms with Crippen molar-refractivity contribution >= 4 is 11.7 Å². The van der Waals surface area contributed by atoms with Gasteiger partial charge in [-0.05, 0) is 39.0 Å². The quantitative estimate of drug-likeness (QED) is 0.567. The minimum atomic E-state index is -0.263. The average molecular weight is 382 g/mol. The van der Waals surface area contributed by atoms with E-state index in [0.717, 1.165) is 11.4 Å². The molecule has 3 aromatic heterocycles. The molecule has 0 aliphatic carbocycles. The summed E-state index contributed by atoms with van der Waals surface area (Å²) in [4.78, 5) is 27.7. The van der Waals surface area contributed by atoms with Crippen molar-refractivity contribution in [3.63, 3.8) is 0 Å². The molecule has 3 heterocycles. The third-order valence-corrected chi connectivity index (χ3v) is 3.96. The number of rotatable bonds is 7. The van der Waals surface area contributed by atoms with Gasteiger partial charge in [0.1, 0.15) is 12.4 Å². The largest absolute Gasteiger partial charge is 0.367 e. The lowest BCUT2D eigenvalue weighted by molar-refractivity contribution is -0.121. The summed E-state index contributed by atoms with van der Waals surface area (Å²) in [5.41, 5.74) is 2.27. The van der Waals surface area contributed by atoms with Gasteiger partial charge >= 0.3 is 0 Å². The number of aromatic nitrogens is 6. The molecule has 0 aliphatic rings. The molecule has 3 rings (SSSR count). The summed E-state index contributed by atoms with van der Waals surface area (Å²) >= 11 is 0. The van der Waals surface area contributed by atoms with Crippen LogP contribution < -0.4 is 16.2 Å². The Morgan fingerprint density at radius 2 is 1.89 bits per heavy atom. The summed E-state index contributed by atoms with van der Waals surface area (Å²) in [6, 6.07) is 6.99. The van der Waals surface area contributed by atoms with Gasteiger partial charge in [0.2, 0.25) is 5.91 Å². The summed E-state index contributed by atoms with van der Waals surface area (Å²) in [5, 5.41) is 18.5. The average Bonchev–Trinajstić information content (AvgIpc) is 3.00. The third kappa shape index (κ3) is 4.78. The molecule has 146 valence electrons. The zero-order valence-electron chi connectivity index (χ0n) is 16.0. The first-order valence-corrected chi connectivity index (χ1v) is 8.83. The van der Waals surface area contributed by atoms with Crippen LogP contribution in [0, 0.1) is 20.8 Å². The Hall–Kier alpha value is -3.56. The highest BCUT2D eigenvalue weighted by Gasteiger charge is 2.07. The maximum absolute atomic E-state index is 11.9. The fourth-order valence-electron chi connectivity index (χ4n) is 2.63. The van der Waals surface area contributed by atoms with Crippen LogP contribution in [0.25, 0.3) is 5.82 Å². The van der Waals surface area contributed by atoms with Gasteiger partial charge < -0.3 is 10.6 Å². The molecule has 2 N–H and O–H groups in total. The maximum Gasteiger partial charge on any atom is 0.253 e. The van der Waals surface area contributed by atoms with Gasteiger partial charge in [-0.2, -0.15) is 5.10 Å². The molecule has 0 saturated carbocycles. The molecular weight excluding hydrogens is 360 g/mol. The van der Waals surface area contributed by atoms with Gasteiger partial charge in [-0.25, -0.2) is 9.67 Å². The van der Waals surface area contributed by atoms with Crippen molar-refractivity contribution < 1.29 is 4.79 Å². The van der Waals surface area contributed by atoms with Crippen LogP contribution in [-0.2, 0) is 11.3 Å². The van der Waals surface area contributed by atoms with Gasteiger partial charge in [0, 0.05) is 30.5 Å². The standard InChI is InChI=1S/C18H22N8O2/c1-12-9-18(28)25(11-21-12)10-17(27)20-7-6-19-15-4-5-16(23-22-15)26-14(3)8-13(2)24-26/h4-5,8-9,11H,6-7,10H2,1-3H3,(H,19,22)(H,20,27). The number of carbonyl (C=O) groups excluding carboxylic acids is 1. The van der Waals surface area contributed by atoms with Crippen molar-refractivity contribution in [2.24, 2.45) is 0 Å². The molecule has 3 aromatic rings. The molecule has 0 fully saturated rings. The normalized spacial score (nSPS) is 10.7. The van der Waals surface area contributed by atoms with Crippen LogP contribution >= 0.6 is 0 Å². The number of carbonyl (C=O) groups is 1. The Kier molecular flexibility index (Phi) is 5.78. The summed E-state index contributed by atoms with van der Waals surface area (Å²) < 4.78 is 2.99. The van der Waals surface area contributed by atoms with Crippen molar-refractivity contribution in [3.8, 4) is 5.82 Å². The van der Waals surface area contributed by atoms with Gasteiger partial charge in [-0.15, -0.1) is 10.2 Å². The summed E-state index contributed by atoms with van der Waals surface area (Å²) in [6.07, 6.45) is 1.37. The predicted octanol–water partition coefficient (Wildman–Crippen LogP) is 0.373. The molecule has 0 unspecified atom stereocenters. The summed E-state index contributed by atoms with van der Waals surface area (Å²) in [6.45, 7) is 6.39. The predicted molar refractivity (Wildman–Crippen MR) is 103 cm³/mol. The Balaban J connectivity index is 1.45. The Morgan fingerprint density at radius 1 is 1.07 bits per heavy atom. The third-order valence-electron chi connectivity index (χ3n) is 3.96. The molecule has 10 heteroatoms. The van der Waals surface area contributed by atoms with Crippen molar-refractivity contribution in [1.29, 1.82) is 0 Å². The second-order valence-corrected chi connectivity index (χ2v) is 6.39. The first kappa shape index (κ1) is 19.2. The van der Waals surface area contributed by atoms with E-state index in [0.29, 0.717) is 30.4 Å². The molecule has 0 spiro atoms. The lowest BCUT2D eigenvalue weighted by Gasteiger charge is -2.09. The van der Waals surface area contributed by atoms with Gasteiger partial charge in [0.15, 0.2) is 5.82 Å². The molecule has 0 bridgehead atoms. The highest BCUT2D eigenvalue weighted by Crippen LogP contribution is 2.10. The van der Waals surface area contributed by atoms with Crippen LogP contribution in [0.4, 0.5) is 5.82 Å². The number of nitrogens with zero attached hydrogens (tertiary/aromatic N) is 6. The second-order valence-electron chi connectivity index (χ2n) is 6.39. The van der Waals surface area contributed by atoms with Crippen molar-refractivity contribution in [1.82, 2.24) is 34.8 Å². The molecule has 28 heavy (non-hydrogen) atoms. The van der Waals surface area contributed by atoms with Crippen molar-refractivity contribution in [3.05, 3.63) is 58.0 Å². The van der Waals surface area contributed by atoms with E-state index in [-0.39, 0.29) is 18.0 Å². The highest BCUT2D eigenvalue weighted by atomic mass is 16.2. The van der Waals surface area contributed by atoms with E-state index in [1.807, 2.05) is 26.0 Å². The Morgan fingerprint density at radius 3 is 2.54 bits per heavy atom. The maximum atomic E-state index is 11.9. The molecule has 0 saturated heterocycles. The highest BCUT2D eigenvalue weighted by molar-refractivity contribution is 5.75. The molecule has 0 atom stereocenters. The minimum absolute atomic E-state index is 0.0662. The zero-order valence-corrected chi connectivity index (χ0v) is 16.0. The first-order chi connectivity index (χ1) is 13.4. The number of hydrogen-bond acceptors (Lipinski definition) is 7. The fourth-order valence-corrected chi connectivity index (χ4v) is 2.63. The van der Waals surface area contributed by atoms with Crippen LogP contribution in [-0.4, -0.2) is 48.5 Å². The molecule has 10 nitrogen and oxygen atoms in total. The lowest BCUT2D eigenvalue weighted by atomic mass is 10.4. The number of anilines is 1. The minimum Gasteiger partial charge on any atom is -0.367 e. The second kappa shape index (κ2) is 8.42. The zero-order chi connectivity index (χ0) is 20.1. The van der Waals surface area contributed by atoms with E-state index < -0.39 is 0 Å². The summed E-state index contributed by atoms with van der Waals surface area (Å²) in [7, 11) is 0. The smallest absolute Gasteiger partial charge is 0.253 e. The van der Waals surface area contributed by atoms with E-state index >= 15 is 0 Å². The SMILES string of the molecule is Cc1cc(=O)n(CC(=O)NCCNc2ccc(-n3nc(C)cc3C)nn2)cn1. The fraction of sp³-hybridized carbons (Fsp3) is 0.333. The van der Waals surface area contributed by atoms with E-state index in [1.54, 1.807) is 17.7 Å². The number of nitrogens with one attached hydrogen (secondary N) is 2. The van der Waals surface area contributed by atoms with E-state index in [1.165, 1.54) is 17.0 Å². The lowest BCUT2D eigenvalue weighted by Crippen LogP contribution is -2.34. The molecule has 1 amide bonds. The van der Waals surface area contributed by atoms with Gasteiger partial charge in [0.25, 0.3) is 5.56 Å². The van der Waals surface area contributed by atoms with Crippen molar-refractivity contribution in [2.45, 2.75) is 27.3 Å². The van der Waals surface area contributed by atoms with Crippen LogP contribution in [0.1, 0.15) is 17.1 Å². The van der Waals surface area contributed by atoms with Crippen LogP contribution in [0.5, 0.6) is 0 Å². The number of hydrogen-bond donors (Lipinski definition) is 2. The first-order valence-electron chi connectivity index (χ1n) is 8.83. The monoisotopic (exact) mass is 382 g/mol. The van der Waals surface area contributed by atoms with Crippen molar-refractivity contribution in [2.75, 3.05) is 18.4 Å². The summed E-state index contributed by atoms with van der Waals surface area (Å²) in [5.74, 6) is 0.973. The van der Waals surface area contributed by atoms with E-state index in [4.69, 9.17) is 0 Å². The molecule has 0 aliphatic heterocycles. The number of aryl methyl sites for hydroxylation is 3. The van der Waals surface area contributed by atoms with Crippen LogP contribution in [0.2, 0.25) is 0 Å².